The number of amides is 1. The van der Waals surface area contributed by atoms with Gasteiger partial charge in [0.2, 0.25) is 5.91 Å². The molecule has 2 heteroatoms. The fourth-order valence-electron chi connectivity index (χ4n) is 1.85. The average molecular weight is 193 g/mol. The van der Waals surface area contributed by atoms with E-state index in [2.05, 4.69) is 6.07 Å². The first-order chi connectivity index (χ1) is 6.79. The molecule has 0 spiro atoms. The van der Waals surface area contributed by atoms with E-state index in [4.69, 9.17) is 5.73 Å². The van der Waals surface area contributed by atoms with Crippen LogP contribution in [0.3, 0.4) is 0 Å². The Hall–Kier alpha value is -1.31. The van der Waals surface area contributed by atoms with Crippen molar-refractivity contribution >= 4 is 5.91 Å². The van der Waals surface area contributed by atoms with Crippen LogP contribution in [0.4, 0.5) is 0 Å². The van der Waals surface area contributed by atoms with E-state index < -0.39 is 0 Å². The third kappa shape index (κ3) is 1.95. The van der Waals surface area contributed by atoms with Gasteiger partial charge in [-0.05, 0) is 36.5 Å². The van der Waals surface area contributed by atoms with Crippen molar-refractivity contribution in [3.05, 3.63) is 34.9 Å². The molecule has 2 nitrogen and oxygen atoms in total. The zero-order valence-corrected chi connectivity index (χ0v) is 8.84. The molecule has 0 bridgehead atoms. The summed E-state index contributed by atoms with van der Waals surface area (Å²) < 4.78 is 0. The largest absolute Gasteiger partial charge is 0.366 e. The molecule has 0 saturated heterocycles. The van der Waals surface area contributed by atoms with E-state index in [0.29, 0.717) is 5.56 Å². The minimum atomic E-state index is -0.297. The van der Waals surface area contributed by atoms with Gasteiger partial charge in [0.15, 0.2) is 0 Å². The van der Waals surface area contributed by atoms with Crippen LogP contribution in [0.15, 0.2) is 18.2 Å². The zero-order valence-electron chi connectivity index (χ0n) is 8.84. The van der Waals surface area contributed by atoms with E-state index in [9.17, 15) is 4.79 Å². The molecular formula is C12H19NO. The Morgan fingerprint density at radius 2 is 2.07 bits per heavy atom. The van der Waals surface area contributed by atoms with Crippen molar-refractivity contribution in [2.45, 2.75) is 33.1 Å². The van der Waals surface area contributed by atoms with Gasteiger partial charge < -0.3 is 5.73 Å². The van der Waals surface area contributed by atoms with Crippen LogP contribution in [0.5, 0.6) is 0 Å². The molecular weight excluding hydrogens is 174 g/mol. The summed E-state index contributed by atoms with van der Waals surface area (Å²) in [5.41, 5.74) is 8.43. The first-order valence-corrected chi connectivity index (χ1v) is 5.19. The van der Waals surface area contributed by atoms with Gasteiger partial charge in [-0.1, -0.05) is 26.0 Å². The van der Waals surface area contributed by atoms with Crippen molar-refractivity contribution in [2.75, 3.05) is 0 Å². The molecule has 1 aliphatic carbocycles. The SMILES string of the molecule is CC.NC(=O)c1cccc2c1CCC2.[HH]. The Morgan fingerprint density at radius 3 is 2.71 bits per heavy atom. The van der Waals surface area contributed by atoms with Gasteiger partial charge >= 0.3 is 0 Å². The van der Waals surface area contributed by atoms with Gasteiger partial charge in [0.25, 0.3) is 0 Å². The Morgan fingerprint density at radius 1 is 1.36 bits per heavy atom. The fourth-order valence-corrected chi connectivity index (χ4v) is 1.85. The number of fused-ring (bicyclic) bond motifs is 1. The van der Waals surface area contributed by atoms with Crippen molar-refractivity contribution < 1.29 is 6.22 Å². The molecule has 1 aromatic rings. The summed E-state index contributed by atoms with van der Waals surface area (Å²) in [4.78, 5) is 11.0. The highest BCUT2D eigenvalue weighted by atomic mass is 16.1. The van der Waals surface area contributed by atoms with Crippen molar-refractivity contribution in [3.63, 3.8) is 0 Å². The smallest absolute Gasteiger partial charge is 0.248 e. The quantitative estimate of drug-likeness (QED) is 0.731. The molecule has 14 heavy (non-hydrogen) atoms. The number of hydrogen-bond donors (Lipinski definition) is 1. The monoisotopic (exact) mass is 193 g/mol. The third-order valence-electron chi connectivity index (χ3n) is 2.41. The van der Waals surface area contributed by atoms with E-state index in [0.717, 1.165) is 19.3 Å². The first kappa shape index (κ1) is 10.8. The number of aryl methyl sites for hydroxylation is 1. The first-order valence-electron chi connectivity index (χ1n) is 5.19. The average Bonchev–Trinajstić information content (AvgIpc) is 2.67. The highest BCUT2D eigenvalue weighted by Crippen LogP contribution is 2.24. The lowest BCUT2D eigenvalue weighted by Gasteiger charge is -2.03. The molecule has 2 rings (SSSR count). The molecule has 0 radical (unpaired) electrons. The Bertz CT molecular complexity index is 336. The third-order valence-corrected chi connectivity index (χ3v) is 2.41. The summed E-state index contributed by atoms with van der Waals surface area (Å²) >= 11 is 0. The van der Waals surface area contributed by atoms with E-state index in [1.165, 1.54) is 11.1 Å². The molecule has 0 fully saturated rings. The van der Waals surface area contributed by atoms with Crippen LogP contribution in [0, 0.1) is 0 Å². The lowest BCUT2D eigenvalue weighted by Crippen LogP contribution is -2.13. The van der Waals surface area contributed by atoms with Gasteiger partial charge in [0, 0.05) is 6.99 Å². The van der Waals surface area contributed by atoms with Crippen molar-refractivity contribution in [2.24, 2.45) is 5.73 Å². The molecule has 0 atom stereocenters. The number of benzene rings is 1. The summed E-state index contributed by atoms with van der Waals surface area (Å²) in [6, 6.07) is 5.80. The maximum atomic E-state index is 11.0. The maximum absolute atomic E-state index is 11.0. The van der Waals surface area contributed by atoms with E-state index >= 15 is 0 Å². The normalized spacial score (nSPS) is 12.7. The minimum Gasteiger partial charge on any atom is -0.366 e. The molecule has 78 valence electrons. The standard InChI is InChI=1S/C10H11NO.C2H6.H2/c11-10(12)9-6-2-4-7-3-1-5-8(7)9;1-2;/h2,4,6H,1,3,5H2,(H2,11,12);1-2H3;1H. The summed E-state index contributed by atoms with van der Waals surface area (Å²) in [6.45, 7) is 4.00. The lowest BCUT2D eigenvalue weighted by molar-refractivity contribution is 0.0999. The number of primary amides is 1. The Labute approximate surface area is 86.6 Å². The highest BCUT2D eigenvalue weighted by molar-refractivity contribution is 5.94. The van der Waals surface area contributed by atoms with Crippen LogP contribution in [0.1, 0.15) is 43.2 Å². The maximum Gasteiger partial charge on any atom is 0.248 e. The zero-order chi connectivity index (χ0) is 10.6. The second-order valence-corrected chi connectivity index (χ2v) is 3.16. The minimum absolute atomic E-state index is 0. The van der Waals surface area contributed by atoms with E-state index in [1.807, 2.05) is 26.0 Å². The van der Waals surface area contributed by atoms with Gasteiger partial charge in [0.05, 0.1) is 0 Å². The van der Waals surface area contributed by atoms with E-state index in [1.54, 1.807) is 0 Å². The summed E-state index contributed by atoms with van der Waals surface area (Å²) in [7, 11) is 0. The number of hydrogen-bond acceptors (Lipinski definition) is 1. The molecule has 0 heterocycles. The second kappa shape index (κ2) is 4.80. The van der Waals surface area contributed by atoms with Crippen molar-refractivity contribution in [3.8, 4) is 0 Å². The van der Waals surface area contributed by atoms with Gasteiger partial charge in [-0.25, -0.2) is 0 Å². The summed E-state index contributed by atoms with van der Waals surface area (Å²) in [6.07, 6.45) is 3.25. The predicted molar refractivity (Wildman–Crippen MR) is 60.4 cm³/mol. The van der Waals surface area contributed by atoms with Crippen molar-refractivity contribution in [1.82, 2.24) is 0 Å². The highest BCUT2D eigenvalue weighted by Gasteiger charge is 2.16. The lowest BCUT2D eigenvalue weighted by atomic mass is 10.0. The number of carbonyl (C=O) groups is 1. The van der Waals surface area contributed by atoms with Gasteiger partial charge in [0.1, 0.15) is 0 Å². The van der Waals surface area contributed by atoms with Crippen LogP contribution >= 0.6 is 0 Å². The Kier molecular flexibility index (Phi) is 3.69. The summed E-state index contributed by atoms with van der Waals surface area (Å²) in [5, 5.41) is 0. The number of rotatable bonds is 1. The molecule has 0 saturated carbocycles. The molecule has 0 unspecified atom stereocenters. The fraction of sp³-hybridized carbons (Fsp3) is 0.417. The molecule has 1 aliphatic rings. The van der Waals surface area contributed by atoms with Gasteiger partial charge in [-0.3, -0.25) is 4.79 Å². The molecule has 2 N–H and O–H groups in total. The molecule has 0 aromatic heterocycles. The van der Waals surface area contributed by atoms with E-state index in [-0.39, 0.29) is 7.33 Å². The van der Waals surface area contributed by atoms with Gasteiger partial charge in [-0.2, -0.15) is 0 Å². The van der Waals surface area contributed by atoms with Crippen LogP contribution < -0.4 is 5.73 Å². The molecule has 1 aromatic carbocycles. The van der Waals surface area contributed by atoms with Crippen LogP contribution in [-0.4, -0.2) is 5.91 Å². The Balaban J connectivity index is 0.000000617. The number of carbonyl (C=O) groups excluding carboxylic acids is 1. The van der Waals surface area contributed by atoms with Crippen LogP contribution in [-0.2, 0) is 12.8 Å². The van der Waals surface area contributed by atoms with Crippen LogP contribution in [0.2, 0.25) is 0 Å². The summed E-state index contributed by atoms with van der Waals surface area (Å²) in [5.74, 6) is -0.297. The van der Waals surface area contributed by atoms with Crippen molar-refractivity contribution in [1.29, 1.82) is 0 Å². The second-order valence-electron chi connectivity index (χ2n) is 3.16. The number of nitrogens with two attached hydrogens (primary N) is 1. The van der Waals surface area contributed by atoms with Crippen LogP contribution in [0.25, 0.3) is 0 Å². The predicted octanol–water partition coefficient (Wildman–Crippen LogP) is 2.55. The topological polar surface area (TPSA) is 43.1 Å². The molecule has 0 aliphatic heterocycles. The van der Waals surface area contributed by atoms with Gasteiger partial charge in [-0.15, -0.1) is 0 Å². The molecule has 1 amide bonds.